The van der Waals surface area contributed by atoms with E-state index in [1.807, 2.05) is 0 Å². The normalized spacial score (nSPS) is 22.8. The Balaban J connectivity index is 2.16. The van der Waals surface area contributed by atoms with Crippen LogP contribution < -0.4 is 5.32 Å². The molecule has 1 aliphatic carbocycles. The smallest absolute Gasteiger partial charge is 0.264 e. The number of carbonyl (C=O) groups excluding carboxylic acids is 1. The lowest BCUT2D eigenvalue weighted by Gasteiger charge is -2.27. The number of benzene rings is 1. The van der Waals surface area contributed by atoms with Gasteiger partial charge in [-0.1, -0.05) is 19.8 Å². The van der Waals surface area contributed by atoms with Crippen molar-refractivity contribution >= 4 is 25.6 Å². The van der Waals surface area contributed by atoms with E-state index in [9.17, 15) is 17.6 Å². The molecule has 0 aromatic heterocycles. The minimum Gasteiger partial charge on any atom is -0.349 e. The summed E-state index contributed by atoms with van der Waals surface area (Å²) in [7, 11) is 0.938. The molecule has 2 unspecified atom stereocenters. The molecule has 1 amide bonds. The van der Waals surface area contributed by atoms with E-state index in [-0.39, 0.29) is 11.6 Å². The maximum Gasteiger partial charge on any atom is 0.264 e. The van der Waals surface area contributed by atoms with Crippen LogP contribution in [0.5, 0.6) is 0 Å². The van der Waals surface area contributed by atoms with Gasteiger partial charge in [0.25, 0.3) is 15.0 Å². The lowest BCUT2D eigenvalue weighted by molar-refractivity contribution is 0.0921. The van der Waals surface area contributed by atoms with Gasteiger partial charge in [0, 0.05) is 22.3 Å². The summed E-state index contributed by atoms with van der Waals surface area (Å²) in [6, 6.07) is 3.23. The first-order valence-corrected chi connectivity index (χ1v) is 9.13. The predicted octanol–water partition coefficient (Wildman–Crippen LogP) is 3.06. The lowest BCUT2D eigenvalue weighted by Crippen LogP contribution is -2.38. The molecule has 1 aromatic carbocycles. The second kappa shape index (κ2) is 6.32. The van der Waals surface area contributed by atoms with Gasteiger partial charge in [-0.15, -0.1) is 0 Å². The molecule has 4 nitrogen and oxygen atoms in total. The van der Waals surface area contributed by atoms with Gasteiger partial charge < -0.3 is 5.32 Å². The van der Waals surface area contributed by atoms with E-state index in [1.165, 1.54) is 6.07 Å². The molecule has 0 radical (unpaired) electrons. The molecule has 1 aliphatic rings. The monoisotopic (exact) mass is 333 g/mol. The van der Waals surface area contributed by atoms with Crippen molar-refractivity contribution in [3.8, 4) is 0 Å². The second-order valence-corrected chi connectivity index (χ2v) is 8.06. The third-order valence-corrected chi connectivity index (χ3v) is 5.06. The van der Waals surface area contributed by atoms with E-state index in [2.05, 4.69) is 12.2 Å². The van der Waals surface area contributed by atoms with Crippen LogP contribution in [0.4, 0.5) is 4.39 Å². The Labute approximate surface area is 128 Å². The summed E-state index contributed by atoms with van der Waals surface area (Å²) < 4.78 is 36.0. The van der Waals surface area contributed by atoms with Crippen molar-refractivity contribution in [2.45, 2.75) is 43.5 Å². The van der Waals surface area contributed by atoms with Gasteiger partial charge in [-0.2, -0.15) is 0 Å². The second-order valence-electron chi connectivity index (χ2n) is 5.53. The molecule has 1 saturated carbocycles. The third kappa shape index (κ3) is 4.17. The number of amides is 1. The summed E-state index contributed by atoms with van der Waals surface area (Å²) in [5, 5.41) is 2.86. The van der Waals surface area contributed by atoms with Crippen molar-refractivity contribution in [3.63, 3.8) is 0 Å². The fraction of sp³-hybridized carbons (Fsp3) is 0.500. The Morgan fingerprint density at radius 2 is 2.10 bits per heavy atom. The number of hydrogen-bond acceptors (Lipinski definition) is 3. The van der Waals surface area contributed by atoms with Crippen LogP contribution in [0.1, 0.15) is 43.0 Å². The van der Waals surface area contributed by atoms with Gasteiger partial charge in [0.2, 0.25) is 0 Å². The van der Waals surface area contributed by atoms with Crippen LogP contribution in [0.2, 0.25) is 0 Å². The first-order chi connectivity index (χ1) is 9.77. The summed E-state index contributed by atoms with van der Waals surface area (Å²) in [6.07, 6.45) is 4.00. The summed E-state index contributed by atoms with van der Waals surface area (Å²) >= 11 is 0. The van der Waals surface area contributed by atoms with Gasteiger partial charge in [-0.25, -0.2) is 12.8 Å². The molecule has 0 aliphatic heterocycles. The SMILES string of the molecule is CC1CCCC(NC(=O)c2ccc(F)c(S(=O)(=O)Cl)c2)C1. The molecule has 2 atom stereocenters. The Hall–Kier alpha value is -1.14. The highest BCUT2D eigenvalue weighted by Gasteiger charge is 2.23. The van der Waals surface area contributed by atoms with Crippen molar-refractivity contribution in [2.24, 2.45) is 5.92 Å². The van der Waals surface area contributed by atoms with Gasteiger partial charge in [0.15, 0.2) is 0 Å². The maximum atomic E-state index is 13.4. The molecule has 1 fully saturated rings. The molecule has 1 aromatic rings. The molecule has 0 spiro atoms. The van der Waals surface area contributed by atoms with Crippen molar-refractivity contribution in [3.05, 3.63) is 29.6 Å². The molecule has 0 heterocycles. The van der Waals surface area contributed by atoms with E-state index in [0.717, 1.165) is 37.8 Å². The van der Waals surface area contributed by atoms with Crippen LogP contribution in [0.15, 0.2) is 23.1 Å². The summed E-state index contributed by atoms with van der Waals surface area (Å²) in [4.78, 5) is 11.5. The van der Waals surface area contributed by atoms with Crippen molar-refractivity contribution in [2.75, 3.05) is 0 Å². The van der Waals surface area contributed by atoms with E-state index < -0.39 is 25.7 Å². The number of rotatable bonds is 3. The Morgan fingerprint density at radius 1 is 1.38 bits per heavy atom. The number of carbonyl (C=O) groups is 1. The van der Waals surface area contributed by atoms with Gasteiger partial charge >= 0.3 is 0 Å². The molecule has 2 rings (SSSR count). The van der Waals surface area contributed by atoms with Gasteiger partial charge in [-0.05, 0) is 37.0 Å². The van der Waals surface area contributed by atoms with E-state index in [0.29, 0.717) is 5.92 Å². The number of halogens is 2. The van der Waals surface area contributed by atoms with Crippen LogP contribution in [0.25, 0.3) is 0 Å². The molecular weight excluding hydrogens is 317 g/mol. The fourth-order valence-corrected chi connectivity index (χ4v) is 3.59. The minimum absolute atomic E-state index is 0.0716. The molecule has 7 heteroatoms. The third-order valence-electron chi connectivity index (χ3n) is 3.73. The van der Waals surface area contributed by atoms with Crippen molar-refractivity contribution < 1.29 is 17.6 Å². The fourth-order valence-electron chi connectivity index (χ4n) is 2.67. The van der Waals surface area contributed by atoms with Crippen LogP contribution >= 0.6 is 10.7 Å². The number of nitrogens with one attached hydrogen (secondary N) is 1. The lowest BCUT2D eigenvalue weighted by atomic mass is 9.87. The summed E-state index contributed by atoms with van der Waals surface area (Å²) in [5.74, 6) is -0.820. The molecule has 116 valence electrons. The Morgan fingerprint density at radius 3 is 2.71 bits per heavy atom. The highest BCUT2D eigenvalue weighted by Crippen LogP contribution is 2.24. The zero-order valence-corrected chi connectivity index (χ0v) is 13.2. The standard InChI is InChI=1S/C14H17ClFNO3S/c1-9-3-2-4-11(7-9)17-14(18)10-5-6-12(16)13(8-10)21(15,19)20/h5-6,8-9,11H,2-4,7H2,1H3,(H,17,18). The van der Waals surface area contributed by atoms with E-state index >= 15 is 0 Å². The van der Waals surface area contributed by atoms with E-state index in [4.69, 9.17) is 10.7 Å². The van der Waals surface area contributed by atoms with Crippen molar-refractivity contribution in [1.82, 2.24) is 5.32 Å². The molecule has 0 bridgehead atoms. The first-order valence-electron chi connectivity index (χ1n) is 6.82. The quantitative estimate of drug-likeness (QED) is 0.865. The molecule has 0 saturated heterocycles. The van der Waals surface area contributed by atoms with Crippen LogP contribution in [0.3, 0.4) is 0 Å². The topological polar surface area (TPSA) is 63.2 Å². The largest absolute Gasteiger partial charge is 0.349 e. The average Bonchev–Trinajstić information content (AvgIpc) is 2.37. The Kier molecular flexibility index (Phi) is 4.88. The van der Waals surface area contributed by atoms with Crippen molar-refractivity contribution in [1.29, 1.82) is 0 Å². The zero-order chi connectivity index (χ0) is 15.6. The van der Waals surface area contributed by atoms with Gasteiger partial charge in [0.05, 0.1) is 0 Å². The number of hydrogen-bond donors (Lipinski definition) is 1. The molecule has 21 heavy (non-hydrogen) atoms. The highest BCUT2D eigenvalue weighted by atomic mass is 35.7. The molecular formula is C14H17ClFNO3S. The minimum atomic E-state index is -4.21. The zero-order valence-electron chi connectivity index (χ0n) is 11.6. The maximum absolute atomic E-state index is 13.4. The van der Waals surface area contributed by atoms with Gasteiger partial charge in [0.1, 0.15) is 10.7 Å². The van der Waals surface area contributed by atoms with E-state index in [1.54, 1.807) is 0 Å². The first kappa shape index (κ1) is 16.2. The average molecular weight is 334 g/mol. The van der Waals surface area contributed by atoms with Crippen LogP contribution in [0, 0.1) is 11.7 Å². The molecule has 1 N–H and O–H groups in total. The highest BCUT2D eigenvalue weighted by molar-refractivity contribution is 8.13. The van der Waals surface area contributed by atoms with Crippen LogP contribution in [-0.2, 0) is 9.05 Å². The van der Waals surface area contributed by atoms with Crippen LogP contribution in [-0.4, -0.2) is 20.4 Å². The summed E-state index contributed by atoms with van der Waals surface area (Å²) in [6.45, 7) is 2.13. The Bertz CT molecular complexity index is 648. The predicted molar refractivity (Wildman–Crippen MR) is 78.3 cm³/mol. The van der Waals surface area contributed by atoms with Gasteiger partial charge in [-0.3, -0.25) is 4.79 Å². The summed E-state index contributed by atoms with van der Waals surface area (Å²) in [5.41, 5.74) is 0.0915.